The summed E-state index contributed by atoms with van der Waals surface area (Å²) in [5.74, 6) is 1.12. The minimum absolute atomic E-state index is 0.627. The number of benzene rings is 1. The normalized spacial score (nSPS) is 9.60. The number of para-hydroxylation sites is 1. The molecule has 0 bridgehead atoms. The maximum atomic E-state index is 9.79. The van der Waals surface area contributed by atoms with Crippen molar-refractivity contribution < 1.29 is 24.1 Å². The lowest BCUT2D eigenvalue weighted by atomic mass is 10.3. The summed E-state index contributed by atoms with van der Waals surface area (Å²) >= 11 is 0. The summed E-state index contributed by atoms with van der Waals surface area (Å²) in [7, 11) is 4.77. The third-order valence-corrected chi connectivity index (χ3v) is 2.30. The Hall–Kier alpha value is -2.17. The van der Waals surface area contributed by atoms with Crippen LogP contribution in [0.25, 0.3) is 0 Å². The number of carboxylic acid groups (broad SMARTS) is 1. The third-order valence-electron chi connectivity index (χ3n) is 2.30. The quantitative estimate of drug-likeness (QED) is 0.812. The number of carbonyl (C=O) groups is 1. The van der Waals surface area contributed by atoms with E-state index in [1.807, 2.05) is 25.1 Å². The predicted molar refractivity (Wildman–Crippen MR) is 77.8 cm³/mol. The minimum Gasteiger partial charge on any atom is -0.493 e. The molecule has 0 unspecified atom stereocenters. The molecule has 0 saturated heterocycles. The van der Waals surface area contributed by atoms with Gasteiger partial charge in [0, 0.05) is 6.08 Å². The van der Waals surface area contributed by atoms with Gasteiger partial charge in [0.25, 0.3) is 0 Å². The summed E-state index contributed by atoms with van der Waals surface area (Å²) in [5, 5.41) is 8.05. The zero-order chi connectivity index (χ0) is 15.4. The molecular weight excluding hydrogens is 260 g/mol. The maximum absolute atomic E-state index is 9.79. The van der Waals surface area contributed by atoms with E-state index in [1.54, 1.807) is 27.4 Å². The molecule has 1 N–H and O–H groups in total. The molecule has 0 aliphatic carbocycles. The van der Waals surface area contributed by atoms with E-state index in [-0.39, 0.29) is 0 Å². The molecule has 0 aliphatic heterocycles. The Kier molecular flexibility index (Phi) is 9.56. The first-order valence-electron chi connectivity index (χ1n) is 6.25. The molecule has 0 atom stereocenters. The topological polar surface area (TPSA) is 65.0 Å². The van der Waals surface area contributed by atoms with Crippen molar-refractivity contribution in [3.63, 3.8) is 0 Å². The van der Waals surface area contributed by atoms with E-state index in [2.05, 4.69) is 0 Å². The summed E-state index contributed by atoms with van der Waals surface area (Å²) in [6.07, 6.45) is 4.68. The zero-order valence-corrected chi connectivity index (χ0v) is 12.4. The summed E-state index contributed by atoms with van der Waals surface area (Å²) in [6.45, 7) is 2.01. The Morgan fingerprint density at radius 1 is 1.15 bits per heavy atom. The molecule has 0 spiro atoms. The highest BCUT2D eigenvalue weighted by molar-refractivity contribution is 5.79. The van der Waals surface area contributed by atoms with Crippen LogP contribution in [0.5, 0.6) is 17.2 Å². The molecule has 0 radical (unpaired) electrons. The van der Waals surface area contributed by atoms with Crippen LogP contribution in [0, 0.1) is 0 Å². The van der Waals surface area contributed by atoms with Crippen LogP contribution in [0.3, 0.4) is 0 Å². The molecule has 0 heterocycles. The number of allylic oxidation sites excluding steroid dienone is 1. The predicted octanol–water partition coefficient (Wildman–Crippen LogP) is 3.14. The third kappa shape index (κ3) is 6.68. The molecule has 0 aliphatic rings. The highest BCUT2D eigenvalue weighted by Crippen LogP contribution is 2.35. The molecule has 0 amide bonds. The van der Waals surface area contributed by atoms with Crippen molar-refractivity contribution in [2.75, 3.05) is 21.3 Å². The lowest BCUT2D eigenvalue weighted by molar-refractivity contribution is -0.131. The first-order valence-corrected chi connectivity index (χ1v) is 6.25. The van der Waals surface area contributed by atoms with Crippen LogP contribution in [-0.2, 0) is 4.79 Å². The van der Waals surface area contributed by atoms with Gasteiger partial charge in [-0.3, -0.25) is 0 Å². The van der Waals surface area contributed by atoms with Gasteiger partial charge in [0.15, 0.2) is 11.5 Å². The van der Waals surface area contributed by atoms with Crippen molar-refractivity contribution in [3.05, 3.63) is 30.4 Å². The van der Waals surface area contributed by atoms with Gasteiger partial charge < -0.3 is 19.3 Å². The summed E-state index contributed by atoms with van der Waals surface area (Å²) in [6, 6.07) is 5.49. The van der Waals surface area contributed by atoms with Crippen molar-refractivity contribution in [1.82, 2.24) is 0 Å². The second-order valence-electron chi connectivity index (χ2n) is 3.73. The van der Waals surface area contributed by atoms with Gasteiger partial charge in [0.1, 0.15) is 0 Å². The summed E-state index contributed by atoms with van der Waals surface area (Å²) in [5.41, 5.74) is 0. The van der Waals surface area contributed by atoms with Gasteiger partial charge in [-0.15, -0.1) is 0 Å². The second kappa shape index (κ2) is 10.7. The Morgan fingerprint density at radius 3 is 2.05 bits per heavy atom. The van der Waals surface area contributed by atoms with E-state index in [4.69, 9.17) is 19.3 Å². The van der Waals surface area contributed by atoms with Crippen LogP contribution in [0.4, 0.5) is 0 Å². The fourth-order valence-electron chi connectivity index (χ4n) is 1.37. The molecule has 20 heavy (non-hydrogen) atoms. The molecule has 5 heteroatoms. The van der Waals surface area contributed by atoms with Gasteiger partial charge in [0.05, 0.1) is 21.3 Å². The van der Waals surface area contributed by atoms with Crippen molar-refractivity contribution >= 4 is 5.97 Å². The van der Waals surface area contributed by atoms with Gasteiger partial charge in [-0.2, -0.15) is 0 Å². The average Bonchev–Trinajstić information content (AvgIpc) is 2.46. The lowest BCUT2D eigenvalue weighted by Gasteiger charge is -2.10. The van der Waals surface area contributed by atoms with Crippen molar-refractivity contribution in [2.24, 2.45) is 0 Å². The highest BCUT2D eigenvalue weighted by atomic mass is 16.5. The molecule has 1 rings (SSSR count). The number of hydrogen-bond acceptors (Lipinski definition) is 4. The number of aliphatic carboxylic acids is 1. The van der Waals surface area contributed by atoms with Gasteiger partial charge in [-0.1, -0.05) is 25.5 Å². The first-order chi connectivity index (χ1) is 9.60. The fourth-order valence-corrected chi connectivity index (χ4v) is 1.37. The van der Waals surface area contributed by atoms with E-state index in [1.165, 1.54) is 6.08 Å². The number of methoxy groups -OCH3 is 3. The van der Waals surface area contributed by atoms with E-state index >= 15 is 0 Å². The molecule has 112 valence electrons. The van der Waals surface area contributed by atoms with Gasteiger partial charge in [-0.25, -0.2) is 4.79 Å². The molecule has 0 fully saturated rings. The Labute approximate surface area is 119 Å². The van der Waals surface area contributed by atoms with Crippen LogP contribution < -0.4 is 14.2 Å². The van der Waals surface area contributed by atoms with Crippen LogP contribution in [0.1, 0.15) is 19.8 Å². The summed E-state index contributed by atoms with van der Waals surface area (Å²) in [4.78, 5) is 9.79. The van der Waals surface area contributed by atoms with Crippen LogP contribution in [0.2, 0.25) is 0 Å². The van der Waals surface area contributed by atoms with Crippen molar-refractivity contribution in [2.45, 2.75) is 19.8 Å². The van der Waals surface area contributed by atoms with E-state index in [0.717, 1.165) is 12.8 Å². The van der Waals surface area contributed by atoms with Crippen LogP contribution in [-0.4, -0.2) is 32.4 Å². The monoisotopic (exact) mass is 282 g/mol. The average molecular weight is 282 g/mol. The number of carboxylic acids is 1. The van der Waals surface area contributed by atoms with Gasteiger partial charge in [-0.05, 0) is 18.6 Å². The smallest absolute Gasteiger partial charge is 0.327 e. The largest absolute Gasteiger partial charge is 0.493 e. The standard InChI is InChI=1S/C9H12O3.C6H10O2/c1-10-7-5-4-6-8(11-2)9(7)12-3;1-2-3-4-5-6(7)8/h4-6H,1-3H3;4-5H,2-3H2,1H3,(H,7,8). The fraction of sp³-hybridized carbons (Fsp3) is 0.400. The van der Waals surface area contributed by atoms with E-state index in [0.29, 0.717) is 17.2 Å². The number of hydrogen-bond donors (Lipinski definition) is 1. The van der Waals surface area contributed by atoms with Crippen LogP contribution in [0.15, 0.2) is 30.4 Å². The van der Waals surface area contributed by atoms with Gasteiger partial charge >= 0.3 is 5.97 Å². The highest BCUT2D eigenvalue weighted by Gasteiger charge is 2.08. The molecule has 0 saturated carbocycles. The minimum atomic E-state index is -0.863. The summed E-state index contributed by atoms with van der Waals surface area (Å²) < 4.78 is 15.3. The van der Waals surface area contributed by atoms with Crippen molar-refractivity contribution in [1.29, 1.82) is 0 Å². The zero-order valence-electron chi connectivity index (χ0n) is 12.4. The Morgan fingerprint density at radius 2 is 1.70 bits per heavy atom. The number of ether oxygens (including phenoxy) is 3. The SMILES string of the molecule is CCCC=CC(=O)O.COc1cccc(OC)c1OC. The molecule has 1 aromatic carbocycles. The number of unbranched alkanes of at least 4 members (excludes halogenated alkanes) is 1. The molecule has 0 aromatic heterocycles. The van der Waals surface area contributed by atoms with Crippen LogP contribution >= 0.6 is 0 Å². The lowest BCUT2D eigenvalue weighted by Crippen LogP contribution is -1.93. The molecular formula is C15H22O5. The first kappa shape index (κ1) is 17.8. The Bertz CT molecular complexity index is 404. The molecule has 1 aromatic rings. The van der Waals surface area contributed by atoms with Gasteiger partial charge in [0.2, 0.25) is 5.75 Å². The molecule has 5 nitrogen and oxygen atoms in total. The second-order valence-corrected chi connectivity index (χ2v) is 3.73. The number of rotatable bonds is 6. The maximum Gasteiger partial charge on any atom is 0.327 e. The van der Waals surface area contributed by atoms with Crippen molar-refractivity contribution in [3.8, 4) is 17.2 Å². The van der Waals surface area contributed by atoms with E-state index in [9.17, 15) is 4.79 Å². The van der Waals surface area contributed by atoms with E-state index < -0.39 is 5.97 Å². The Balaban J connectivity index is 0.000000396.